The number of carboxylic acid groups (broad SMARTS) is 2. The van der Waals surface area contributed by atoms with Crippen molar-refractivity contribution >= 4 is 33.5 Å². The monoisotopic (exact) mass is 446 g/mol. The molecule has 4 aromatic rings. The molecule has 0 fully saturated rings. The highest BCUT2D eigenvalue weighted by molar-refractivity contribution is 5.87. The first-order chi connectivity index (χ1) is 15.7. The molecule has 3 N–H and O–H groups in total. The van der Waals surface area contributed by atoms with Gasteiger partial charge in [-0.15, -0.1) is 0 Å². The Kier molecular flexibility index (Phi) is 7.18. The second kappa shape index (κ2) is 10.0. The van der Waals surface area contributed by atoms with Crippen molar-refractivity contribution in [2.75, 3.05) is 7.11 Å². The summed E-state index contributed by atoms with van der Waals surface area (Å²) in [5.41, 5.74) is 1.58. The lowest BCUT2D eigenvalue weighted by Gasteiger charge is -2.08. The van der Waals surface area contributed by atoms with Gasteiger partial charge < -0.3 is 20.1 Å². The Balaban J connectivity index is 0.000000186. The van der Waals surface area contributed by atoms with E-state index in [0.717, 1.165) is 38.4 Å². The second-order valence-electron chi connectivity index (χ2n) is 7.88. The molecule has 0 radical (unpaired) electrons. The van der Waals surface area contributed by atoms with Crippen LogP contribution >= 0.6 is 0 Å². The predicted molar refractivity (Wildman–Crippen MR) is 128 cm³/mol. The van der Waals surface area contributed by atoms with E-state index in [1.54, 1.807) is 45.2 Å². The molecular formula is C27H26O6. The zero-order valence-corrected chi connectivity index (χ0v) is 18.6. The minimum absolute atomic E-state index is 0.214. The number of rotatable bonds is 5. The molecule has 2 unspecified atom stereocenters. The third-order valence-electron chi connectivity index (χ3n) is 5.66. The second-order valence-corrected chi connectivity index (χ2v) is 7.88. The lowest BCUT2D eigenvalue weighted by molar-refractivity contribution is -0.139. The number of fused-ring (bicyclic) bond motifs is 2. The van der Waals surface area contributed by atoms with E-state index >= 15 is 0 Å². The zero-order valence-electron chi connectivity index (χ0n) is 18.6. The van der Waals surface area contributed by atoms with Crippen LogP contribution < -0.4 is 4.74 Å². The number of methoxy groups -OCH3 is 1. The molecule has 2 atom stereocenters. The van der Waals surface area contributed by atoms with Gasteiger partial charge >= 0.3 is 11.9 Å². The Morgan fingerprint density at radius 3 is 1.58 bits per heavy atom. The number of benzene rings is 4. The summed E-state index contributed by atoms with van der Waals surface area (Å²) in [6, 6.07) is 21.9. The van der Waals surface area contributed by atoms with E-state index < -0.39 is 23.8 Å². The van der Waals surface area contributed by atoms with E-state index in [1.165, 1.54) is 0 Å². The van der Waals surface area contributed by atoms with Crippen molar-refractivity contribution in [3.8, 4) is 11.5 Å². The molecule has 0 aliphatic heterocycles. The van der Waals surface area contributed by atoms with Gasteiger partial charge in [0.05, 0.1) is 18.9 Å². The lowest BCUT2D eigenvalue weighted by atomic mass is 9.98. The molecule has 0 aromatic heterocycles. The number of carbonyl (C=O) groups is 2. The largest absolute Gasteiger partial charge is 0.508 e. The Bertz CT molecular complexity index is 1310. The highest BCUT2D eigenvalue weighted by Crippen LogP contribution is 2.26. The van der Waals surface area contributed by atoms with E-state index in [-0.39, 0.29) is 5.75 Å². The van der Waals surface area contributed by atoms with Gasteiger partial charge in [-0.05, 0) is 70.8 Å². The van der Waals surface area contributed by atoms with Crippen LogP contribution in [-0.4, -0.2) is 34.4 Å². The summed E-state index contributed by atoms with van der Waals surface area (Å²) in [7, 11) is 1.63. The van der Waals surface area contributed by atoms with Crippen molar-refractivity contribution in [2.45, 2.75) is 25.7 Å². The normalized spacial score (nSPS) is 12.5. The van der Waals surface area contributed by atoms with E-state index in [1.807, 2.05) is 48.5 Å². The minimum Gasteiger partial charge on any atom is -0.508 e. The maximum absolute atomic E-state index is 10.9. The van der Waals surface area contributed by atoms with Crippen LogP contribution in [0.5, 0.6) is 11.5 Å². The van der Waals surface area contributed by atoms with Crippen molar-refractivity contribution in [3.05, 3.63) is 83.9 Å². The van der Waals surface area contributed by atoms with Crippen molar-refractivity contribution in [2.24, 2.45) is 0 Å². The molecule has 0 heterocycles. The SMILES string of the molecule is CC(C(=O)O)c1ccc2cc(O)ccc2c1.COc1ccc2cc(C(C)C(=O)O)ccc2c1. The first-order valence-electron chi connectivity index (χ1n) is 10.5. The van der Waals surface area contributed by atoms with Crippen LogP contribution in [0.25, 0.3) is 21.5 Å². The van der Waals surface area contributed by atoms with Crippen LogP contribution in [0.15, 0.2) is 72.8 Å². The molecule has 6 heteroatoms. The topological polar surface area (TPSA) is 104 Å². The smallest absolute Gasteiger partial charge is 0.310 e. The molecule has 170 valence electrons. The first kappa shape index (κ1) is 23.6. The maximum Gasteiger partial charge on any atom is 0.310 e. The van der Waals surface area contributed by atoms with Crippen molar-refractivity contribution in [3.63, 3.8) is 0 Å². The maximum atomic E-state index is 10.9. The summed E-state index contributed by atoms with van der Waals surface area (Å²) < 4.78 is 5.14. The Morgan fingerprint density at radius 1 is 0.667 bits per heavy atom. The summed E-state index contributed by atoms with van der Waals surface area (Å²) >= 11 is 0. The molecule has 6 nitrogen and oxygen atoms in total. The fourth-order valence-corrected chi connectivity index (χ4v) is 3.44. The van der Waals surface area contributed by atoms with Gasteiger partial charge in [-0.25, -0.2) is 0 Å². The molecule has 4 aromatic carbocycles. The van der Waals surface area contributed by atoms with Crippen LogP contribution in [0, 0.1) is 0 Å². The van der Waals surface area contributed by atoms with Crippen molar-refractivity contribution < 1.29 is 29.6 Å². The molecule has 4 rings (SSSR count). The van der Waals surface area contributed by atoms with Gasteiger partial charge in [0.2, 0.25) is 0 Å². The van der Waals surface area contributed by atoms with Crippen LogP contribution in [0.4, 0.5) is 0 Å². The summed E-state index contributed by atoms with van der Waals surface area (Å²) in [5, 5.41) is 31.1. The van der Waals surface area contributed by atoms with E-state index in [4.69, 9.17) is 14.9 Å². The van der Waals surface area contributed by atoms with Gasteiger partial charge in [0.1, 0.15) is 11.5 Å². The average Bonchev–Trinajstić information content (AvgIpc) is 2.82. The molecule has 0 amide bonds. The Morgan fingerprint density at radius 2 is 1.09 bits per heavy atom. The van der Waals surface area contributed by atoms with Crippen molar-refractivity contribution in [1.29, 1.82) is 0 Å². The zero-order chi connectivity index (χ0) is 24.1. The lowest BCUT2D eigenvalue weighted by Crippen LogP contribution is -2.06. The predicted octanol–water partition coefficient (Wildman–Crippen LogP) is 5.77. The minimum atomic E-state index is -0.835. The van der Waals surface area contributed by atoms with Gasteiger partial charge in [-0.2, -0.15) is 0 Å². The van der Waals surface area contributed by atoms with Crippen LogP contribution in [-0.2, 0) is 9.59 Å². The highest BCUT2D eigenvalue weighted by atomic mass is 16.5. The molecule has 0 saturated carbocycles. The Hall–Kier alpha value is -4.06. The number of ether oxygens (including phenoxy) is 1. The number of hydrogen-bond acceptors (Lipinski definition) is 4. The molecule has 0 aliphatic carbocycles. The molecular weight excluding hydrogens is 420 g/mol. The third-order valence-corrected chi connectivity index (χ3v) is 5.66. The first-order valence-corrected chi connectivity index (χ1v) is 10.5. The van der Waals surface area contributed by atoms with Crippen molar-refractivity contribution in [1.82, 2.24) is 0 Å². The molecule has 0 aliphatic rings. The fourth-order valence-electron chi connectivity index (χ4n) is 3.44. The van der Waals surface area contributed by atoms with Gasteiger partial charge in [0.25, 0.3) is 0 Å². The van der Waals surface area contributed by atoms with Crippen LogP contribution in [0.3, 0.4) is 0 Å². The van der Waals surface area contributed by atoms with Crippen LogP contribution in [0.2, 0.25) is 0 Å². The molecule has 33 heavy (non-hydrogen) atoms. The van der Waals surface area contributed by atoms with Gasteiger partial charge in [-0.1, -0.05) is 48.5 Å². The van der Waals surface area contributed by atoms with E-state index in [9.17, 15) is 14.7 Å². The van der Waals surface area contributed by atoms with Gasteiger partial charge in [-0.3, -0.25) is 9.59 Å². The quantitative estimate of drug-likeness (QED) is 0.360. The molecule has 0 saturated heterocycles. The highest BCUT2D eigenvalue weighted by Gasteiger charge is 2.14. The summed E-state index contributed by atoms with van der Waals surface area (Å²) in [6.07, 6.45) is 0. The average molecular weight is 446 g/mol. The number of hydrogen-bond donors (Lipinski definition) is 3. The summed E-state index contributed by atoms with van der Waals surface area (Å²) in [4.78, 5) is 21.8. The number of phenolic OH excluding ortho intramolecular Hbond substituents is 1. The fraction of sp³-hybridized carbons (Fsp3) is 0.185. The molecule has 0 spiro atoms. The van der Waals surface area contributed by atoms with Gasteiger partial charge in [0.15, 0.2) is 0 Å². The van der Waals surface area contributed by atoms with Gasteiger partial charge in [0, 0.05) is 0 Å². The van der Waals surface area contributed by atoms with Crippen LogP contribution in [0.1, 0.15) is 36.8 Å². The summed E-state index contributed by atoms with van der Waals surface area (Å²) in [5.74, 6) is -1.63. The Labute approximate surface area is 191 Å². The van der Waals surface area contributed by atoms with E-state index in [2.05, 4.69) is 0 Å². The standard InChI is InChI=1S/C14H14O3.C13H12O3/c1-9(14(15)16)10-3-4-12-8-13(17-2)6-5-11(12)7-10;1-8(13(15)16)9-2-3-11-7-12(14)5-4-10(11)6-9/h3-9H,1-2H3,(H,15,16);2-8,14H,1H3,(H,15,16). The molecule has 0 bridgehead atoms. The number of aromatic hydroxyl groups is 1. The van der Waals surface area contributed by atoms with E-state index in [0.29, 0.717) is 0 Å². The number of aliphatic carboxylic acids is 2. The third kappa shape index (κ3) is 5.60. The summed E-state index contributed by atoms with van der Waals surface area (Å²) in [6.45, 7) is 3.34. The number of carboxylic acids is 2. The number of phenols is 1.